The number of carbonyl (C=O) groups excluding carboxylic acids is 2. The molecule has 7 heteroatoms. The molecule has 6 nitrogen and oxygen atoms in total. The van der Waals surface area contributed by atoms with E-state index in [1.807, 2.05) is 62.4 Å². The standard InChI is InChI=1S/C21H21BrN4O2/c1-14-11-16(22)9-10-19(14)24-20(27)13-25(3)21(28)18-12-23-26(15(18)2)17-7-5-4-6-8-17/h4-12H,13H2,1-3H3,(H,24,27). The molecule has 3 aromatic rings. The van der Waals surface area contributed by atoms with E-state index in [1.54, 1.807) is 11.7 Å². The normalized spacial score (nSPS) is 10.6. The van der Waals surface area contributed by atoms with E-state index in [-0.39, 0.29) is 18.4 Å². The first-order valence-electron chi connectivity index (χ1n) is 8.78. The van der Waals surface area contributed by atoms with Gasteiger partial charge in [-0.3, -0.25) is 9.59 Å². The second-order valence-electron chi connectivity index (χ2n) is 6.56. The summed E-state index contributed by atoms with van der Waals surface area (Å²) in [7, 11) is 1.61. The third kappa shape index (κ3) is 4.31. The molecule has 1 N–H and O–H groups in total. The van der Waals surface area contributed by atoms with Crippen LogP contribution in [0.1, 0.15) is 21.6 Å². The van der Waals surface area contributed by atoms with E-state index in [2.05, 4.69) is 26.3 Å². The lowest BCUT2D eigenvalue weighted by atomic mass is 10.2. The molecular weight excluding hydrogens is 420 g/mol. The highest BCUT2D eigenvalue weighted by Crippen LogP contribution is 2.20. The Labute approximate surface area is 172 Å². The van der Waals surface area contributed by atoms with Crippen LogP contribution in [0, 0.1) is 13.8 Å². The molecule has 0 saturated carbocycles. The smallest absolute Gasteiger partial charge is 0.257 e. The van der Waals surface area contributed by atoms with E-state index in [9.17, 15) is 9.59 Å². The Hall–Kier alpha value is -2.93. The molecule has 0 saturated heterocycles. The van der Waals surface area contributed by atoms with Gasteiger partial charge < -0.3 is 10.2 Å². The van der Waals surface area contributed by atoms with Crippen molar-refractivity contribution in [3.05, 3.63) is 76.0 Å². The first-order valence-corrected chi connectivity index (χ1v) is 9.57. The van der Waals surface area contributed by atoms with Crippen LogP contribution in [0.15, 0.2) is 59.2 Å². The SMILES string of the molecule is Cc1cc(Br)ccc1NC(=O)CN(C)C(=O)c1cnn(-c2ccccc2)c1C. The highest BCUT2D eigenvalue weighted by molar-refractivity contribution is 9.10. The van der Waals surface area contributed by atoms with Crippen LogP contribution in [0.4, 0.5) is 5.69 Å². The molecule has 2 aromatic carbocycles. The molecule has 0 radical (unpaired) electrons. The summed E-state index contributed by atoms with van der Waals surface area (Å²) in [5.74, 6) is -0.503. The molecule has 28 heavy (non-hydrogen) atoms. The number of aromatic nitrogens is 2. The van der Waals surface area contributed by atoms with Crippen molar-refractivity contribution in [2.45, 2.75) is 13.8 Å². The third-order valence-corrected chi connectivity index (χ3v) is 4.92. The number of halogens is 1. The molecule has 3 rings (SSSR count). The predicted octanol–water partition coefficient (Wildman–Crippen LogP) is 3.96. The fourth-order valence-corrected chi connectivity index (χ4v) is 3.37. The number of amides is 2. The van der Waals surface area contributed by atoms with Gasteiger partial charge in [-0.2, -0.15) is 5.10 Å². The van der Waals surface area contributed by atoms with Crippen LogP contribution in [0.5, 0.6) is 0 Å². The number of hydrogen-bond donors (Lipinski definition) is 1. The fourth-order valence-electron chi connectivity index (χ4n) is 2.90. The Morgan fingerprint density at radius 1 is 1.14 bits per heavy atom. The van der Waals surface area contributed by atoms with Crippen molar-refractivity contribution in [3.63, 3.8) is 0 Å². The van der Waals surface area contributed by atoms with Gasteiger partial charge in [0.05, 0.1) is 29.7 Å². The molecule has 1 aromatic heterocycles. The molecule has 0 aliphatic carbocycles. The molecule has 2 amide bonds. The van der Waals surface area contributed by atoms with Crippen molar-refractivity contribution < 1.29 is 9.59 Å². The summed E-state index contributed by atoms with van der Waals surface area (Å²) in [6.07, 6.45) is 1.54. The van der Waals surface area contributed by atoms with Gasteiger partial charge in [0.2, 0.25) is 5.91 Å². The lowest BCUT2D eigenvalue weighted by molar-refractivity contribution is -0.116. The van der Waals surface area contributed by atoms with Crippen LogP contribution in [0.25, 0.3) is 5.69 Å². The maximum absolute atomic E-state index is 12.8. The van der Waals surface area contributed by atoms with Gasteiger partial charge in [0, 0.05) is 17.2 Å². The number of aryl methyl sites for hydroxylation is 1. The zero-order valence-electron chi connectivity index (χ0n) is 15.9. The fraction of sp³-hybridized carbons (Fsp3) is 0.190. The molecule has 1 heterocycles. The first-order chi connectivity index (χ1) is 13.4. The minimum atomic E-state index is -0.255. The number of nitrogens with zero attached hydrogens (tertiary/aromatic N) is 3. The summed E-state index contributed by atoms with van der Waals surface area (Å²) in [6.45, 7) is 3.70. The van der Waals surface area contributed by atoms with Crippen LogP contribution in [-0.4, -0.2) is 40.1 Å². The van der Waals surface area contributed by atoms with Crippen LogP contribution >= 0.6 is 15.9 Å². The third-order valence-electron chi connectivity index (χ3n) is 4.43. The quantitative estimate of drug-likeness (QED) is 0.652. The maximum atomic E-state index is 12.8. The Morgan fingerprint density at radius 3 is 2.54 bits per heavy atom. The molecule has 0 aliphatic heterocycles. The van der Waals surface area contributed by atoms with E-state index >= 15 is 0 Å². The molecule has 0 unspecified atom stereocenters. The summed E-state index contributed by atoms with van der Waals surface area (Å²) in [4.78, 5) is 26.6. The molecule has 0 aliphatic rings. The molecule has 0 spiro atoms. The van der Waals surface area contributed by atoms with E-state index in [4.69, 9.17) is 0 Å². The topological polar surface area (TPSA) is 67.2 Å². The lowest BCUT2D eigenvalue weighted by Crippen LogP contribution is -2.35. The zero-order valence-corrected chi connectivity index (χ0v) is 17.5. The Morgan fingerprint density at radius 2 is 1.86 bits per heavy atom. The van der Waals surface area contributed by atoms with Crippen LogP contribution in [0.3, 0.4) is 0 Å². The summed E-state index contributed by atoms with van der Waals surface area (Å²) >= 11 is 3.40. The van der Waals surface area contributed by atoms with E-state index in [0.29, 0.717) is 5.56 Å². The average Bonchev–Trinajstić information content (AvgIpc) is 3.05. The van der Waals surface area contributed by atoms with Crippen molar-refractivity contribution in [2.75, 3.05) is 18.9 Å². The number of para-hydroxylation sites is 1. The molecular formula is C21H21BrN4O2. The Balaban J connectivity index is 1.69. The summed E-state index contributed by atoms with van der Waals surface area (Å²) in [5.41, 5.74) is 3.75. The number of carbonyl (C=O) groups is 2. The molecule has 0 bridgehead atoms. The minimum Gasteiger partial charge on any atom is -0.332 e. The van der Waals surface area contributed by atoms with Crippen molar-refractivity contribution >= 4 is 33.4 Å². The predicted molar refractivity (Wildman–Crippen MR) is 113 cm³/mol. The minimum absolute atomic E-state index is 0.0513. The van der Waals surface area contributed by atoms with E-state index < -0.39 is 0 Å². The van der Waals surface area contributed by atoms with Gasteiger partial charge in [0.25, 0.3) is 5.91 Å². The zero-order chi connectivity index (χ0) is 20.3. The summed E-state index contributed by atoms with van der Waals surface area (Å²) < 4.78 is 2.66. The van der Waals surface area contributed by atoms with Crippen LogP contribution in [0.2, 0.25) is 0 Å². The monoisotopic (exact) mass is 440 g/mol. The maximum Gasteiger partial charge on any atom is 0.257 e. The number of nitrogens with one attached hydrogen (secondary N) is 1. The second kappa shape index (κ2) is 8.39. The average molecular weight is 441 g/mol. The van der Waals surface area contributed by atoms with E-state index in [0.717, 1.165) is 27.1 Å². The summed E-state index contributed by atoms with van der Waals surface area (Å²) in [5, 5.41) is 7.17. The first kappa shape index (κ1) is 19.8. The number of anilines is 1. The Bertz CT molecular complexity index is 1010. The molecule has 0 fully saturated rings. The lowest BCUT2D eigenvalue weighted by Gasteiger charge is -2.17. The van der Waals surface area contributed by atoms with Crippen LogP contribution in [-0.2, 0) is 4.79 Å². The van der Waals surface area contributed by atoms with Crippen molar-refractivity contribution in [1.29, 1.82) is 0 Å². The van der Waals surface area contributed by atoms with Crippen molar-refractivity contribution in [2.24, 2.45) is 0 Å². The Kier molecular flexibility index (Phi) is 5.94. The highest BCUT2D eigenvalue weighted by Gasteiger charge is 2.20. The molecule has 144 valence electrons. The van der Waals surface area contributed by atoms with Crippen molar-refractivity contribution in [3.8, 4) is 5.69 Å². The highest BCUT2D eigenvalue weighted by atomic mass is 79.9. The van der Waals surface area contributed by atoms with Gasteiger partial charge in [0.1, 0.15) is 0 Å². The number of rotatable bonds is 5. The second-order valence-corrected chi connectivity index (χ2v) is 7.48. The summed E-state index contributed by atoms with van der Waals surface area (Å²) in [6, 6.07) is 15.2. The largest absolute Gasteiger partial charge is 0.332 e. The van der Waals surface area contributed by atoms with Gasteiger partial charge in [-0.05, 0) is 49.7 Å². The van der Waals surface area contributed by atoms with Gasteiger partial charge in [-0.1, -0.05) is 34.1 Å². The van der Waals surface area contributed by atoms with Gasteiger partial charge in [-0.25, -0.2) is 4.68 Å². The number of likely N-dealkylation sites (N-methyl/N-ethyl adjacent to an activating group) is 1. The number of hydrogen-bond acceptors (Lipinski definition) is 3. The van der Waals surface area contributed by atoms with Crippen LogP contribution < -0.4 is 5.32 Å². The van der Waals surface area contributed by atoms with Gasteiger partial charge >= 0.3 is 0 Å². The van der Waals surface area contributed by atoms with Gasteiger partial charge in [0.15, 0.2) is 0 Å². The molecule has 0 atom stereocenters. The van der Waals surface area contributed by atoms with E-state index in [1.165, 1.54) is 11.1 Å². The number of benzene rings is 2. The van der Waals surface area contributed by atoms with Crippen molar-refractivity contribution in [1.82, 2.24) is 14.7 Å². The van der Waals surface area contributed by atoms with Gasteiger partial charge in [-0.15, -0.1) is 0 Å².